The van der Waals surface area contributed by atoms with Crippen molar-refractivity contribution >= 4 is 33.3 Å². The van der Waals surface area contributed by atoms with Gasteiger partial charge in [0.05, 0.1) is 17.3 Å². The monoisotopic (exact) mass is 323 g/mol. The first-order valence-corrected chi connectivity index (χ1v) is 6.53. The van der Waals surface area contributed by atoms with Crippen molar-refractivity contribution in [2.24, 2.45) is 0 Å². The van der Waals surface area contributed by atoms with E-state index < -0.39 is 0 Å². The molecule has 1 aromatic heterocycles. The Bertz CT molecular complexity index is 551. The molecule has 0 unspecified atom stereocenters. The molecule has 3 N–H and O–H groups in total. The van der Waals surface area contributed by atoms with Gasteiger partial charge in [0, 0.05) is 18.4 Å². The minimum atomic E-state index is -0.236. The van der Waals surface area contributed by atoms with E-state index in [1.54, 1.807) is 13.3 Å². The zero-order valence-electron chi connectivity index (χ0n) is 10.4. The first-order chi connectivity index (χ1) is 9.19. The summed E-state index contributed by atoms with van der Waals surface area (Å²) < 4.78 is 6.24. The van der Waals surface area contributed by atoms with Gasteiger partial charge in [-0.25, -0.2) is 4.79 Å². The molecule has 0 atom stereocenters. The molecule has 5 nitrogen and oxygen atoms in total. The molecule has 0 bridgehead atoms. The number of anilines is 2. The maximum Gasteiger partial charge on any atom is 0.318 e. The highest BCUT2D eigenvalue weighted by atomic mass is 79.9. The third-order valence-corrected chi connectivity index (χ3v) is 3.22. The molecule has 0 spiro atoms. The maximum atomic E-state index is 11.1. The van der Waals surface area contributed by atoms with Crippen molar-refractivity contribution in [3.05, 3.63) is 46.8 Å². The Labute approximate surface area is 119 Å². The third kappa shape index (κ3) is 3.75. The molecule has 2 rings (SSSR count). The Morgan fingerprint density at radius 3 is 2.47 bits per heavy atom. The van der Waals surface area contributed by atoms with E-state index in [1.807, 2.05) is 30.3 Å². The Hall–Kier alpha value is -1.95. The first-order valence-electron chi connectivity index (χ1n) is 5.73. The number of amides is 2. The second-order valence-electron chi connectivity index (χ2n) is 3.83. The number of nitrogens with one attached hydrogen (secondary N) is 3. The molecule has 0 saturated carbocycles. The van der Waals surface area contributed by atoms with Gasteiger partial charge in [0.2, 0.25) is 0 Å². The van der Waals surface area contributed by atoms with Crippen LogP contribution < -0.4 is 16.0 Å². The fraction of sp³-hybridized carbons (Fsp3) is 0.154. The predicted molar refractivity (Wildman–Crippen MR) is 78.3 cm³/mol. The lowest BCUT2D eigenvalue weighted by atomic mass is 10.2. The van der Waals surface area contributed by atoms with E-state index in [9.17, 15) is 4.79 Å². The molecule has 1 aromatic carbocycles. The second kappa shape index (κ2) is 6.29. The standard InChI is InChI=1S/C13H14BrN3O2/c1-15-13(18)17-10-4-2-9(3-5-10)16-8-12-11(14)6-7-19-12/h2-7,16H,8H2,1H3,(H2,15,17,18). The number of rotatable bonds is 4. The second-order valence-corrected chi connectivity index (χ2v) is 4.68. The van der Waals surface area contributed by atoms with Crippen LogP contribution >= 0.6 is 15.9 Å². The largest absolute Gasteiger partial charge is 0.466 e. The SMILES string of the molecule is CNC(=O)Nc1ccc(NCc2occc2Br)cc1. The summed E-state index contributed by atoms with van der Waals surface area (Å²) in [7, 11) is 1.58. The fourth-order valence-corrected chi connectivity index (χ4v) is 1.84. The van der Waals surface area contributed by atoms with Crippen molar-refractivity contribution in [3.63, 3.8) is 0 Å². The van der Waals surface area contributed by atoms with Gasteiger partial charge in [-0.2, -0.15) is 0 Å². The van der Waals surface area contributed by atoms with Crippen LogP contribution in [0.4, 0.5) is 16.2 Å². The van der Waals surface area contributed by atoms with Crippen LogP contribution in [0.15, 0.2) is 45.5 Å². The van der Waals surface area contributed by atoms with Crippen LogP contribution in [0.25, 0.3) is 0 Å². The van der Waals surface area contributed by atoms with Gasteiger partial charge in [0.1, 0.15) is 5.76 Å². The third-order valence-electron chi connectivity index (χ3n) is 2.51. The summed E-state index contributed by atoms with van der Waals surface area (Å²) in [6.45, 7) is 0.593. The molecule has 19 heavy (non-hydrogen) atoms. The number of hydrogen-bond acceptors (Lipinski definition) is 3. The van der Waals surface area contributed by atoms with E-state index in [4.69, 9.17) is 4.42 Å². The van der Waals surface area contributed by atoms with Crippen molar-refractivity contribution < 1.29 is 9.21 Å². The molecular weight excluding hydrogens is 310 g/mol. The molecule has 0 radical (unpaired) electrons. The van der Waals surface area contributed by atoms with E-state index in [-0.39, 0.29) is 6.03 Å². The van der Waals surface area contributed by atoms with Crippen LogP contribution in [0.1, 0.15) is 5.76 Å². The molecule has 2 aromatic rings. The van der Waals surface area contributed by atoms with Gasteiger partial charge in [-0.15, -0.1) is 0 Å². The van der Waals surface area contributed by atoms with Crippen LogP contribution in [0.3, 0.4) is 0 Å². The average molecular weight is 324 g/mol. The zero-order chi connectivity index (χ0) is 13.7. The van der Waals surface area contributed by atoms with E-state index in [2.05, 4.69) is 31.9 Å². The Balaban J connectivity index is 1.92. The van der Waals surface area contributed by atoms with Gasteiger partial charge in [-0.3, -0.25) is 0 Å². The Morgan fingerprint density at radius 1 is 1.21 bits per heavy atom. The quantitative estimate of drug-likeness (QED) is 0.807. The number of carbonyl (C=O) groups excluding carboxylic acids is 1. The van der Waals surface area contributed by atoms with Crippen molar-refractivity contribution in [2.75, 3.05) is 17.7 Å². The number of hydrogen-bond donors (Lipinski definition) is 3. The minimum Gasteiger partial charge on any atom is -0.466 e. The van der Waals surface area contributed by atoms with Crippen LogP contribution in [-0.2, 0) is 6.54 Å². The summed E-state index contributed by atoms with van der Waals surface area (Å²) in [5.41, 5.74) is 1.69. The molecule has 6 heteroatoms. The van der Waals surface area contributed by atoms with Crippen molar-refractivity contribution in [3.8, 4) is 0 Å². The number of furan rings is 1. The topological polar surface area (TPSA) is 66.3 Å². The highest BCUT2D eigenvalue weighted by molar-refractivity contribution is 9.10. The minimum absolute atomic E-state index is 0.236. The molecule has 0 aliphatic rings. The number of benzene rings is 1. The number of urea groups is 1. The molecule has 0 aliphatic carbocycles. The van der Waals surface area contributed by atoms with Gasteiger partial charge in [0.15, 0.2) is 0 Å². The smallest absolute Gasteiger partial charge is 0.318 e. The predicted octanol–water partition coefficient (Wildman–Crippen LogP) is 3.41. The van der Waals surface area contributed by atoms with Crippen LogP contribution in [0.5, 0.6) is 0 Å². The molecular formula is C13H14BrN3O2. The first kappa shape index (κ1) is 13.5. The fourth-order valence-electron chi connectivity index (χ4n) is 1.50. The molecule has 2 amide bonds. The van der Waals surface area contributed by atoms with E-state index in [0.29, 0.717) is 6.54 Å². The van der Waals surface area contributed by atoms with Gasteiger partial charge < -0.3 is 20.4 Å². The lowest BCUT2D eigenvalue weighted by molar-refractivity contribution is 0.254. The molecule has 1 heterocycles. The summed E-state index contributed by atoms with van der Waals surface area (Å²) in [6, 6.07) is 9.06. The summed E-state index contributed by atoms with van der Waals surface area (Å²) >= 11 is 3.40. The van der Waals surface area contributed by atoms with E-state index in [0.717, 1.165) is 21.6 Å². The van der Waals surface area contributed by atoms with Crippen LogP contribution in [-0.4, -0.2) is 13.1 Å². The van der Waals surface area contributed by atoms with Crippen molar-refractivity contribution in [2.45, 2.75) is 6.54 Å². The highest BCUT2D eigenvalue weighted by Crippen LogP contribution is 2.20. The average Bonchev–Trinajstić information content (AvgIpc) is 2.83. The Morgan fingerprint density at radius 2 is 1.89 bits per heavy atom. The van der Waals surface area contributed by atoms with E-state index >= 15 is 0 Å². The summed E-state index contributed by atoms with van der Waals surface area (Å²) in [5, 5.41) is 8.42. The lowest BCUT2D eigenvalue weighted by Gasteiger charge is -2.07. The number of carbonyl (C=O) groups is 1. The normalized spacial score (nSPS) is 10.0. The summed E-state index contributed by atoms with van der Waals surface area (Å²) in [6.07, 6.45) is 1.64. The zero-order valence-corrected chi connectivity index (χ0v) is 12.0. The number of halogens is 1. The summed E-state index contributed by atoms with van der Waals surface area (Å²) in [4.78, 5) is 11.1. The Kier molecular flexibility index (Phi) is 4.46. The maximum absolute atomic E-state index is 11.1. The van der Waals surface area contributed by atoms with Crippen molar-refractivity contribution in [1.82, 2.24) is 5.32 Å². The highest BCUT2D eigenvalue weighted by Gasteiger charge is 2.03. The van der Waals surface area contributed by atoms with Gasteiger partial charge in [-0.05, 0) is 46.3 Å². The molecule has 0 aliphatic heterocycles. The summed E-state index contributed by atoms with van der Waals surface area (Å²) in [5.74, 6) is 0.840. The van der Waals surface area contributed by atoms with Crippen LogP contribution in [0, 0.1) is 0 Å². The van der Waals surface area contributed by atoms with Gasteiger partial charge in [-0.1, -0.05) is 0 Å². The van der Waals surface area contributed by atoms with Crippen molar-refractivity contribution in [1.29, 1.82) is 0 Å². The van der Waals surface area contributed by atoms with Crippen LogP contribution in [0.2, 0.25) is 0 Å². The van der Waals surface area contributed by atoms with E-state index in [1.165, 1.54) is 0 Å². The lowest BCUT2D eigenvalue weighted by Crippen LogP contribution is -2.24. The van der Waals surface area contributed by atoms with Gasteiger partial charge in [0.25, 0.3) is 0 Å². The molecule has 100 valence electrons. The molecule has 0 fully saturated rings. The van der Waals surface area contributed by atoms with Gasteiger partial charge >= 0.3 is 6.03 Å². The molecule has 0 saturated heterocycles.